The summed E-state index contributed by atoms with van der Waals surface area (Å²) in [4.78, 5) is -0.187. The third-order valence-electron chi connectivity index (χ3n) is 3.37. The van der Waals surface area contributed by atoms with Crippen LogP contribution in [0.5, 0.6) is 0 Å². The van der Waals surface area contributed by atoms with Gasteiger partial charge in [0, 0.05) is 37.6 Å². The predicted molar refractivity (Wildman–Crippen MR) is 76.4 cm³/mol. The quantitative estimate of drug-likeness (QED) is 0.859. The number of nitrogens with one attached hydrogen (secondary N) is 1. The van der Waals surface area contributed by atoms with Crippen molar-refractivity contribution in [3.63, 3.8) is 0 Å². The number of rotatable bonds is 4. The summed E-state index contributed by atoms with van der Waals surface area (Å²) in [5.74, 6) is 0. The van der Waals surface area contributed by atoms with Crippen molar-refractivity contribution in [3.8, 4) is 6.07 Å². The summed E-state index contributed by atoms with van der Waals surface area (Å²) in [5, 5.41) is 19.5. The van der Waals surface area contributed by atoms with Crippen LogP contribution in [0.1, 0.15) is 18.4 Å². The zero-order valence-corrected chi connectivity index (χ0v) is 12.7. The summed E-state index contributed by atoms with van der Waals surface area (Å²) >= 11 is 5.79. The van der Waals surface area contributed by atoms with Crippen molar-refractivity contribution in [3.05, 3.63) is 28.8 Å². The lowest BCUT2D eigenvalue weighted by Gasteiger charge is -2.32. The minimum Gasteiger partial charge on any atom is -0.388 e. The number of halogens is 1. The summed E-state index contributed by atoms with van der Waals surface area (Å²) < 4.78 is 32.1. The Morgan fingerprint density at radius 3 is 2.71 bits per heavy atom. The lowest BCUT2D eigenvalue weighted by Crippen LogP contribution is -2.46. The van der Waals surface area contributed by atoms with Crippen LogP contribution in [0.2, 0.25) is 5.02 Å². The highest BCUT2D eigenvalue weighted by molar-refractivity contribution is 7.89. The molecule has 0 aromatic heterocycles. The lowest BCUT2D eigenvalue weighted by atomic mass is 9.95. The van der Waals surface area contributed by atoms with Crippen LogP contribution in [0.3, 0.4) is 0 Å². The fraction of sp³-hybridized carbons (Fsp3) is 0.462. The van der Waals surface area contributed by atoms with E-state index in [4.69, 9.17) is 21.6 Å². The van der Waals surface area contributed by atoms with Crippen LogP contribution in [0.25, 0.3) is 0 Å². The van der Waals surface area contributed by atoms with Crippen LogP contribution in [0.15, 0.2) is 23.1 Å². The van der Waals surface area contributed by atoms with Crippen LogP contribution in [0.4, 0.5) is 0 Å². The van der Waals surface area contributed by atoms with E-state index in [9.17, 15) is 13.5 Å². The molecule has 0 saturated carbocycles. The van der Waals surface area contributed by atoms with Gasteiger partial charge in [-0.05, 0) is 18.2 Å². The molecule has 2 N–H and O–H groups in total. The first-order valence-electron chi connectivity index (χ1n) is 6.36. The van der Waals surface area contributed by atoms with Gasteiger partial charge in [-0.25, -0.2) is 13.1 Å². The van der Waals surface area contributed by atoms with Gasteiger partial charge in [0.1, 0.15) is 11.0 Å². The van der Waals surface area contributed by atoms with Crippen molar-refractivity contribution in [1.82, 2.24) is 4.72 Å². The zero-order chi connectivity index (χ0) is 15.5. The van der Waals surface area contributed by atoms with Gasteiger partial charge < -0.3 is 9.84 Å². The number of nitriles is 1. The molecule has 0 bridgehead atoms. The van der Waals surface area contributed by atoms with Gasteiger partial charge in [-0.3, -0.25) is 0 Å². The monoisotopic (exact) mass is 330 g/mol. The van der Waals surface area contributed by atoms with Gasteiger partial charge in [-0.2, -0.15) is 5.26 Å². The number of hydrogen-bond acceptors (Lipinski definition) is 5. The van der Waals surface area contributed by atoms with E-state index in [2.05, 4.69) is 4.72 Å². The molecule has 0 atom stereocenters. The van der Waals surface area contributed by atoms with Gasteiger partial charge in [-0.15, -0.1) is 0 Å². The van der Waals surface area contributed by atoms with Crippen molar-refractivity contribution >= 4 is 21.6 Å². The normalized spacial score (nSPS) is 18.1. The molecular weight excluding hydrogens is 316 g/mol. The number of nitrogens with zero attached hydrogens (tertiary/aromatic N) is 1. The van der Waals surface area contributed by atoms with Gasteiger partial charge in [0.15, 0.2) is 0 Å². The molecule has 0 aliphatic carbocycles. The molecule has 1 aliphatic rings. The zero-order valence-electron chi connectivity index (χ0n) is 11.2. The molecule has 1 heterocycles. The Bertz CT molecular complexity index is 663. The van der Waals surface area contributed by atoms with Gasteiger partial charge in [-0.1, -0.05) is 11.6 Å². The maximum Gasteiger partial charge on any atom is 0.242 e. The van der Waals surface area contributed by atoms with Crippen molar-refractivity contribution < 1.29 is 18.3 Å². The van der Waals surface area contributed by atoms with Gasteiger partial charge in [0.05, 0.1) is 11.2 Å². The fourth-order valence-corrected chi connectivity index (χ4v) is 3.58. The molecule has 0 unspecified atom stereocenters. The Morgan fingerprint density at radius 1 is 1.43 bits per heavy atom. The van der Waals surface area contributed by atoms with E-state index in [-0.39, 0.29) is 22.0 Å². The second kappa shape index (κ2) is 6.30. The smallest absolute Gasteiger partial charge is 0.242 e. The molecule has 1 aromatic carbocycles. The maximum absolute atomic E-state index is 12.3. The molecule has 0 amide bonds. The van der Waals surface area contributed by atoms with Crippen molar-refractivity contribution in [1.29, 1.82) is 5.26 Å². The largest absolute Gasteiger partial charge is 0.388 e. The standard InChI is InChI=1S/C13H15ClN2O4S/c14-11-2-1-10(8-15)12(7-11)21(18,19)16-9-13(17)3-5-20-6-4-13/h1-2,7,16-17H,3-6,9H2. The summed E-state index contributed by atoms with van der Waals surface area (Å²) in [5.41, 5.74) is -1.12. The van der Waals surface area contributed by atoms with Crippen LogP contribution in [-0.4, -0.2) is 38.9 Å². The fourth-order valence-electron chi connectivity index (χ4n) is 2.05. The van der Waals surface area contributed by atoms with Crippen molar-refractivity contribution in [2.75, 3.05) is 19.8 Å². The number of benzene rings is 1. The topological polar surface area (TPSA) is 99.4 Å². The first-order chi connectivity index (χ1) is 9.86. The summed E-state index contributed by atoms with van der Waals surface area (Å²) in [6, 6.07) is 5.83. The maximum atomic E-state index is 12.3. The van der Waals surface area contributed by atoms with Gasteiger partial charge in [0.2, 0.25) is 10.0 Å². The third kappa shape index (κ3) is 3.93. The lowest BCUT2D eigenvalue weighted by molar-refractivity contribution is -0.0588. The molecule has 0 spiro atoms. The number of ether oxygens (including phenoxy) is 1. The Balaban J connectivity index is 2.19. The molecule has 1 aliphatic heterocycles. The Kier molecular flexibility index (Phi) is 4.86. The highest BCUT2D eigenvalue weighted by atomic mass is 35.5. The molecule has 1 aromatic rings. The van der Waals surface area contributed by atoms with E-state index in [0.29, 0.717) is 26.1 Å². The summed E-state index contributed by atoms with van der Waals surface area (Å²) in [6.07, 6.45) is 0.715. The highest BCUT2D eigenvalue weighted by Crippen LogP contribution is 2.23. The molecule has 2 rings (SSSR count). The van der Waals surface area contributed by atoms with Crippen LogP contribution in [-0.2, 0) is 14.8 Å². The van der Waals surface area contributed by atoms with E-state index in [0.717, 1.165) is 0 Å². The molecule has 0 radical (unpaired) electrons. The molecule has 1 fully saturated rings. The molecule has 114 valence electrons. The molecule has 1 saturated heterocycles. The first kappa shape index (κ1) is 16.2. The van der Waals surface area contributed by atoms with E-state index >= 15 is 0 Å². The van der Waals surface area contributed by atoms with E-state index < -0.39 is 15.6 Å². The van der Waals surface area contributed by atoms with Crippen molar-refractivity contribution in [2.24, 2.45) is 0 Å². The summed E-state index contributed by atoms with van der Waals surface area (Å²) in [7, 11) is -3.92. The van der Waals surface area contributed by atoms with E-state index in [1.807, 2.05) is 6.07 Å². The average Bonchev–Trinajstić information content (AvgIpc) is 2.46. The molecule has 8 heteroatoms. The highest BCUT2D eigenvalue weighted by Gasteiger charge is 2.32. The van der Waals surface area contributed by atoms with Crippen molar-refractivity contribution in [2.45, 2.75) is 23.3 Å². The van der Waals surface area contributed by atoms with Crippen LogP contribution >= 0.6 is 11.6 Å². The van der Waals surface area contributed by atoms with E-state index in [1.165, 1.54) is 18.2 Å². The van der Waals surface area contributed by atoms with Gasteiger partial charge >= 0.3 is 0 Å². The summed E-state index contributed by atoms with van der Waals surface area (Å²) in [6.45, 7) is 0.647. The SMILES string of the molecule is N#Cc1ccc(Cl)cc1S(=O)(=O)NCC1(O)CCOCC1. The third-order valence-corrected chi connectivity index (χ3v) is 5.04. The Labute approximate surface area is 128 Å². The second-order valence-electron chi connectivity index (χ2n) is 4.91. The molecule has 21 heavy (non-hydrogen) atoms. The van der Waals surface area contributed by atoms with Crippen LogP contribution < -0.4 is 4.72 Å². The van der Waals surface area contributed by atoms with E-state index in [1.54, 1.807) is 0 Å². The first-order valence-corrected chi connectivity index (χ1v) is 8.22. The second-order valence-corrected chi connectivity index (χ2v) is 7.09. The Hall–Kier alpha value is -1.17. The van der Waals surface area contributed by atoms with Gasteiger partial charge in [0.25, 0.3) is 0 Å². The minimum absolute atomic E-state index is 0.00543. The Morgan fingerprint density at radius 2 is 2.10 bits per heavy atom. The predicted octanol–water partition coefficient (Wildman–Crippen LogP) is 1.03. The number of aliphatic hydroxyl groups is 1. The van der Waals surface area contributed by atoms with Crippen LogP contribution in [0, 0.1) is 11.3 Å². The molecule has 6 nitrogen and oxygen atoms in total. The number of sulfonamides is 1. The minimum atomic E-state index is -3.92. The molecular formula is C13H15ClN2O4S. The number of hydrogen-bond donors (Lipinski definition) is 2. The average molecular weight is 331 g/mol.